The van der Waals surface area contributed by atoms with Crippen molar-refractivity contribution < 1.29 is 4.79 Å². The number of halogens is 1. The van der Waals surface area contributed by atoms with Crippen LogP contribution in [0.1, 0.15) is 18.4 Å². The minimum Gasteiger partial charge on any atom is -0.324 e. The normalized spacial score (nSPS) is 19.1. The van der Waals surface area contributed by atoms with Crippen LogP contribution in [0.4, 0.5) is 5.69 Å². The lowest BCUT2D eigenvalue weighted by molar-refractivity contribution is -0.115. The van der Waals surface area contributed by atoms with E-state index in [4.69, 9.17) is 0 Å². The monoisotopic (exact) mass is 299 g/mol. The number of anilines is 1. The maximum atomic E-state index is 11.8. The van der Waals surface area contributed by atoms with Crippen molar-refractivity contribution in [1.82, 2.24) is 0 Å². The number of aryl methyl sites for hydroxylation is 1. The first kappa shape index (κ1) is 12.0. The number of carbonyl (C=O) groups excluding carboxylic acids is 1. The SMILES string of the molecule is Cc1ccc2c(c1)NC(=O)C(CCCBr)S2. The fourth-order valence-electron chi connectivity index (χ4n) is 1.72. The van der Waals surface area contributed by atoms with Gasteiger partial charge >= 0.3 is 0 Å². The molecule has 0 aliphatic carbocycles. The summed E-state index contributed by atoms with van der Waals surface area (Å²) >= 11 is 5.08. The van der Waals surface area contributed by atoms with Crippen LogP contribution in [0.3, 0.4) is 0 Å². The minimum absolute atomic E-state index is 0.0627. The van der Waals surface area contributed by atoms with Gasteiger partial charge in [0.25, 0.3) is 0 Å². The quantitative estimate of drug-likeness (QED) is 0.864. The van der Waals surface area contributed by atoms with Crippen LogP contribution in [0, 0.1) is 6.92 Å². The van der Waals surface area contributed by atoms with Crippen molar-refractivity contribution in [1.29, 1.82) is 0 Å². The van der Waals surface area contributed by atoms with Crippen LogP contribution in [0.25, 0.3) is 0 Å². The minimum atomic E-state index is 0.0627. The largest absolute Gasteiger partial charge is 0.324 e. The molecule has 0 bridgehead atoms. The summed E-state index contributed by atoms with van der Waals surface area (Å²) < 4.78 is 0. The van der Waals surface area contributed by atoms with E-state index in [1.54, 1.807) is 11.8 Å². The third kappa shape index (κ3) is 2.61. The van der Waals surface area contributed by atoms with Gasteiger partial charge in [0, 0.05) is 10.2 Å². The van der Waals surface area contributed by atoms with Crippen molar-refractivity contribution in [3.05, 3.63) is 23.8 Å². The summed E-state index contributed by atoms with van der Waals surface area (Å²) in [5, 5.41) is 4.00. The van der Waals surface area contributed by atoms with Gasteiger partial charge in [-0.2, -0.15) is 0 Å². The van der Waals surface area contributed by atoms with Crippen molar-refractivity contribution in [2.75, 3.05) is 10.6 Å². The highest BCUT2D eigenvalue weighted by molar-refractivity contribution is 9.09. The lowest BCUT2D eigenvalue weighted by Crippen LogP contribution is -2.29. The molecule has 0 spiro atoms. The van der Waals surface area contributed by atoms with Gasteiger partial charge < -0.3 is 5.32 Å². The van der Waals surface area contributed by atoms with Crippen LogP contribution in [-0.2, 0) is 4.79 Å². The lowest BCUT2D eigenvalue weighted by atomic mass is 10.2. The molecule has 1 unspecified atom stereocenters. The summed E-state index contributed by atoms with van der Waals surface area (Å²) in [5.41, 5.74) is 2.14. The summed E-state index contributed by atoms with van der Waals surface area (Å²) in [6, 6.07) is 6.21. The van der Waals surface area contributed by atoms with Gasteiger partial charge in [-0.05, 0) is 37.5 Å². The van der Waals surface area contributed by atoms with Gasteiger partial charge in [-0.3, -0.25) is 4.79 Å². The predicted octanol–water partition coefficient (Wildman–Crippen LogP) is 3.58. The third-order valence-electron chi connectivity index (χ3n) is 2.55. The number of hydrogen-bond donors (Lipinski definition) is 1. The van der Waals surface area contributed by atoms with E-state index in [-0.39, 0.29) is 11.2 Å². The number of rotatable bonds is 3. The molecule has 0 fully saturated rings. The highest BCUT2D eigenvalue weighted by Gasteiger charge is 2.26. The molecule has 1 aliphatic heterocycles. The first-order valence-corrected chi connectivity index (χ1v) is 7.35. The molecule has 1 aromatic rings. The fraction of sp³-hybridized carbons (Fsp3) is 0.417. The van der Waals surface area contributed by atoms with Crippen molar-refractivity contribution in [2.24, 2.45) is 0 Å². The van der Waals surface area contributed by atoms with Gasteiger partial charge in [-0.1, -0.05) is 22.0 Å². The van der Waals surface area contributed by atoms with E-state index < -0.39 is 0 Å². The standard InChI is InChI=1S/C12H14BrNOS/c1-8-4-5-10-9(7-8)14-12(15)11(16-10)3-2-6-13/h4-5,7,11H,2-3,6H2,1H3,(H,14,15). The molecule has 86 valence electrons. The van der Waals surface area contributed by atoms with E-state index in [0.717, 1.165) is 23.9 Å². The topological polar surface area (TPSA) is 29.1 Å². The highest BCUT2D eigenvalue weighted by atomic mass is 79.9. The van der Waals surface area contributed by atoms with Crippen molar-refractivity contribution in [2.45, 2.75) is 29.9 Å². The molecule has 1 amide bonds. The van der Waals surface area contributed by atoms with Crippen molar-refractivity contribution in [3.63, 3.8) is 0 Å². The number of fused-ring (bicyclic) bond motifs is 1. The van der Waals surface area contributed by atoms with E-state index in [2.05, 4.69) is 33.4 Å². The first-order chi connectivity index (χ1) is 7.70. The molecule has 2 rings (SSSR count). The molecule has 1 atom stereocenters. The number of nitrogens with one attached hydrogen (secondary N) is 1. The van der Waals surface area contributed by atoms with Gasteiger partial charge in [-0.25, -0.2) is 0 Å². The summed E-state index contributed by atoms with van der Waals surface area (Å²) in [4.78, 5) is 13.0. The summed E-state index contributed by atoms with van der Waals surface area (Å²) in [6.07, 6.45) is 1.96. The molecule has 1 N–H and O–H groups in total. The lowest BCUT2D eigenvalue weighted by Gasteiger charge is -2.24. The van der Waals surface area contributed by atoms with Gasteiger partial charge in [0.05, 0.1) is 10.9 Å². The molecule has 1 aromatic carbocycles. The Hall–Kier alpha value is -0.480. The zero-order valence-corrected chi connectivity index (χ0v) is 11.5. The van der Waals surface area contributed by atoms with Gasteiger partial charge in [0.15, 0.2) is 0 Å². The molecule has 0 saturated heterocycles. The Morgan fingerprint density at radius 1 is 1.50 bits per heavy atom. The third-order valence-corrected chi connectivity index (χ3v) is 4.46. The summed E-state index contributed by atoms with van der Waals surface area (Å²) in [6.45, 7) is 2.04. The van der Waals surface area contributed by atoms with E-state index in [0.29, 0.717) is 0 Å². The second-order valence-electron chi connectivity index (χ2n) is 3.93. The van der Waals surface area contributed by atoms with Crippen LogP contribution in [0.15, 0.2) is 23.1 Å². The Kier molecular flexibility index (Phi) is 3.92. The average molecular weight is 300 g/mol. The first-order valence-electron chi connectivity index (χ1n) is 5.35. The number of carbonyl (C=O) groups is 1. The van der Waals surface area contributed by atoms with E-state index in [1.165, 1.54) is 10.5 Å². The molecule has 0 saturated carbocycles. The molecular formula is C12H14BrNOS. The molecule has 1 aliphatic rings. The molecule has 16 heavy (non-hydrogen) atoms. The zero-order chi connectivity index (χ0) is 11.5. The second-order valence-corrected chi connectivity index (χ2v) is 5.96. The van der Waals surface area contributed by atoms with Crippen molar-refractivity contribution in [3.8, 4) is 0 Å². The number of hydrogen-bond acceptors (Lipinski definition) is 2. The molecule has 2 nitrogen and oxygen atoms in total. The maximum Gasteiger partial charge on any atom is 0.237 e. The fourth-order valence-corrected chi connectivity index (χ4v) is 3.18. The van der Waals surface area contributed by atoms with Crippen LogP contribution >= 0.6 is 27.7 Å². The smallest absolute Gasteiger partial charge is 0.237 e. The van der Waals surface area contributed by atoms with E-state index >= 15 is 0 Å². The number of benzene rings is 1. The molecule has 4 heteroatoms. The molecule has 0 radical (unpaired) electrons. The Balaban J connectivity index is 2.15. The molecule has 0 aromatic heterocycles. The van der Waals surface area contributed by atoms with Crippen LogP contribution in [-0.4, -0.2) is 16.5 Å². The van der Waals surface area contributed by atoms with Crippen LogP contribution in [0.2, 0.25) is 0 Å². The van der Waals surface area contributed by atoms with Crippen molar-refractivity contribution >= 4 is 39.3 Å². The maximum absolute atomic E-state index is 11.8. The van der Waals surface area contributed by atoms with Crippen LogP contribution < -0.4 is 5.32 Å². The van der Waals surface area contributed by atoms with E-state index in [1.807, 2.05) is 13.0 Å². The number of thioether (sulfide) groups is 1. The number of amides is 1. The Bertz CT molecular complexity index is 408. The van der Waals surface area contributed by atoms with Crippen LogP contribution in [0.5, 0.6) is 0 Å². The van der Waals surface area contributed by atoms with E-state index in [9.17, 15) is 4.79 Å². The summed E-state index contributed by atoms with van der Waals surface area (Å²) in [7, 11) is 0. The van der Waals surface area contributed by atoms with Gasteiger partial charge in [-0.15, -0.1) is 11.8 Å². The highest BCUT2D eigenvalue weighted by Crippen LogP contribution is 2.37. The Morgan fingerprint density at radius 2 is 2.31 bits per heavy atom. The predicted molar refractivity (Wildman–Crippen MR) is 72.5 cm³/mol. The second kappa shape index (κ2) is 5.23. The number of alkyl halides is 1. The summed E-state index contributed by atoms with van der Waals surface area (Å²) in [5.74, 6) is 0.143. The molecule has 1 heterocycles. The zero-order valence-electron chi connectivity index (χ0n) is 9.13. The Morgan fingerprint density at radius 3 is 3.06 bits per heavy atom. The Labute approximate surface area is 108 Å². The van der Waals surface area contributed by atoms with Gasteiger partial charge in [0.2, 0.25) is 5.91 Å². The average Bonchev–Trinajstić information content (AvgIpc) is 2.26. The molecular weight excluding hydrogens is 286 g/mol. The van der Waals surface area contributed by atoms with Gasteiger partial charge in [0.1, 0.15) is 0 Å².